The molecule has 0 aliphatic heterocycles. The van der Waals surface area contributed by atoms with Crippen LogP contribution in [0.3, 0.4) is 0 Å². The Morgan fingerprint density at radius 2 is 1.95 bits per heavy atom. The van der Waals surface area contributed by atoms with Gasteiger partial charge >= 0.3 is 6.09 Å². The normalized spacial score (nSPS) is 10.0. The van der Waals surface area contributed by atoms with Crippen LogP contribution in [0.5, 0.6) is 5.75 Å². The number of nitrogens with zero attached hydrogens (tertiary/aromatic N) is 1. The average Bonchev–Trinajstić information content (AvgIpc) is 2.49. The first-order chi connectivity index (χ1) is 9.84. The van der Waals surface area contributed by atoms with Gasteiger partial charge in [0.15, 0.2) is 5.75 Å². The molecule has 0 bridgehead atoms. The highest BCUT2D eigenvalue weighted by atomic mass is 16.6. The van der Waals surface area contributed by atoms with Crippen molar-refractivity contribution in [3.63, 3.8) is 0 Å². The molecule has 0 saturated carbocycles. The van der Waals surface area contributed by atoms with Crippen molar-refractivity contribution in [3.8, 4) is 5.75 Å². The number of aromatic nitrogens is 1. The first kappa shape index (κ1) is 14.1. The second-order valence-corrected chi connectivity index (χ2v) is 4.45. The summed E-state index contributed by atoms with van der Waals surface area (Å²) in [5.41, 5.74) is 1.32. The summed E-state index contributed by atoms with van der Waals surface area (Å²) in [6.45, 7) is 0.617. The quantitative estimate of drug-likeness (QED) is 0.820. The second kappa shape index (κ2) is 7.94. The van der Waals surface area contributed by atoms with E-state index in [-0.39, 0.29) is 0 Å². The van der Waals surface area contributed by atoms with Crippen molar-refractivity contribution in [2.45, 2.75) is 19.3 Å². The van der Waals surface area contributed by atoms with Gasteiger partial charge in [-0.15, -0.1) is 0 Å². The number of hydrogen-bond acceptors (Lipinski definition) is 3. The number of carbonyl (C=O) groups excluding carboxylic acids is 1. The van der Waals surface area contributed by atoms with E-state index in [4.69, 9.17) is 4.74 Å². The topological polar surface area (TPSA) is 51.2 Å². The standard InChI is InChI=1S/C16H18N2O2/c19-16(20-15-10-6-11-17-13-15)18-12-5-4-9-14-7-2-1-3-8-14/h1-3,6-8,10-11,13H,4-5,9,12H2,(H,18,19). The van der Waals surface area contributed by atoms with E-state index < -0.39 is 6.09 Å². The number of carbonyl (C=O) groups is 1. The molecule has 0 spiro atoms. The van der Waals surface area contributed by atoms with Gasteiger partial charge in [-0.05, 0) is 37.0 Å². The predicted octanol–water partition coefficient (Wildman–Crippen LogP) is 3.19. The summed E-state index contributed by atoms with van der Waals surface area (Å²) in [7, 11) is 0. The Morgan fingerprint density at radius 3 is 2.70 bits per heavy atom. The molecular weight excluding hydrogens is 252 g/mol. The molecule has 104 valence electrons. The summed E-state index contributed by atoms with van der Waals surface area (Å²) in [6.07, 6.45) is 5.70. The summed E-state index contributed by atoms with van der Waals surface area (Å²) < 4.78 is 5.07. The van der Waals surface area contributed by atoms with Crippen LogP contribution in [0.2, 0.25) is 0 Å². The van der Waals surface area contributed by atoms with E-state index >= 15 is 0 Å². The van der Waals surface area contributed by atoms with Gasteiger partial charge in [-0.3, -0.25) is 4.98 Å². The van der Waals surface area contributed by atoms with E-state index in [1.807, 2.05) is 18.2 Å². The van der Waals surface area contributed by atoms with Gasteiger partial charge in [0.2, 0.25) is 0 Å². The molecule has 0 atom stereocenters. The molecule has 0 aliphatic carbocycles. The zero-order chi connectivity index (χ0) is 14.0. The van der Waals surface area contributed by atoms with Gasteiger partial charge in [0.05, 0.1) is 6.20 Å². The minimum absolute atomic E-state index is 0.433. The molecular formula is C16H18N2O2. The smallest absolute Gasteiger partial charge is 0.409 e. The summed E-state index contributed by atoms with van der Waals surface area (Å²) in [4.78, 5) is 15.4. The van der Waals surface area contributed by atoms with E-state index in [1.54, 1.807) is 18.3 Å². The molecule has 2 aromatic rings. The van der Waals surface area contributed by atoms with E-state index in [2.05, 4.69) is 22.4 Å². The Morgan fingerprint density at radius 1 is 1.10 bits per heavy atom. The number of pyridine rings is 1. The van der Waals surface area contributed by atoms with Crippen LogP contribution in [0.1, 0.15) is 18.4 Å². The van der Waals surface area contributed by atoms with Crippen molar-refractivity contribution in [1.29, 1.82) is 0 Å². The number of amides is 1. The summed E-state index contributed by atoms with van der Waals surface area (Å²) in [5.74, 6) is 0.453. The van der Waals surface area contributed by atoms with Crippen molar-refractivity contribution < 1.29 is 9.53 Å². The molecule has 0 radical (unpaired) electrons. The molecule has 1 N–H and O–H groups in total. The Balaban J connectivity index is 1.58. The van der Waals surface area contributed by atoms with Gasteiger partial charge in [0, 0.05) is 12.7 Å². The van der Waals surface area contributed by atoms with Crippen LogP contribution in [0, 0.1) is 0 Å². The Hall–Kier alpha value is -2.36. The second-order valence-electron chi connectivity index (χ2n) is 4.45. The van der Waals surface area contributed by atoms with Crippen molar-refractivity contribution in [2.75, 3.05) is 6.54 Å². The zero-order valence-corrected chi connectivity index (χ0v) is 11.3. The SMILES string of the molecule is O=C(NCCCCc1ccccc1)Oc1cccnc1. The van der Waals surface area contributed by atoms with Crippen LogP contribution in [-0.4, -0.2) is 17.6 Å². The molecule has 20 heavy (non-hydrogen) atoms. The van der Waals surface area contributed by atoms with E-state index in [0.29, 0.717) is 12.3 Å². The predicted molar refractivity (Wildman–Crippen MR) is 77.6 cm³/mol. The first-order valence-electron chi connectivity index (χ1n) is 6.74. The van der Waals surface area contributed by atoms with Gasteiger partial charge in [-0.25, -0.2) is 4.79 Å². The lowest BCUT2D eigenvalue weighted by molar-refractivity contribution is 0.200. The van der Waals surface area contributed by atoms with E-state index in [1.165, 1.54) is 11.8 Å². The molecule has 1 amide bonds. The van der Waals surface area contributed by atoms with Crippen molar-refractivity contribution in [1.82, 2.24) is 10.3 Å². The Bertz CT molecular complexity index is 515. The largest absolute Gasteiger partial charge is 0.412 e. The maximum absolute atomic E-state index is 11.5. The highest BCUT2D eigenvalue weighted by molar-refractivity contribution is 5.70. The van der Waals surface area contributed by atoms with Crippen LogP contribution in [0.25, 0.3) is 0 Å². The molecule has 0 saturated heterocycles. The number of hydrogen-bond donors (Lipinski definition) is 1. The number of benzene rings is 1. The maximum atomic E-state index is 11.5. The van der Waals surface area contributed by atoms with E-state index in [9.17, 15) is 4.79 Å². The molecule has 0 fully saturated rings. The maximum Gasteiger partial charge on any atom is 0.412 e. The first-order valence-corrected chi connectivity index (χ1v) is 6.74. The molecule has 1 aromatic carbocycles. The third-order valence-electron chi connectivity index (χ3n) is 2.85. The fraction of sp³-hybridized carbons (Fsp3) is 0.250. The van der Waals surface area contributed by atoms with Crippen LogP contribution in [0.15, 0.2) is 54.9 Å². The monoisotopic (exact) mass is 270 g/mol. The van der Waals surface area contributed by atoms with Crippen LogP contribution in [0.4, 0.5) is 4.79 Å². The summed E-state index contributed by atoms with van der Waals surface area (Å²) >= 11 is 0. The lowest BCUT2D eigenvalue weighted by Gasteiger charge is -2.06. The third kappa shape index (κ3) is 5.10. The van der Waals surface area contributed by atoms with Crippen molar-refractivity contribution in [2.24, 2.45) is 0 Å². The third-order valence-corrected chi connectivity index (χ3v) is 2.85. The van der Waals surface area contributed by atoms with Crippen LogP contribution in [-0.2, 0) is 6.42 Å². The fourth-order valence-corrected chi connectivity index (χ4v) is 1.84. The van der Waals surface area contributed by atoms with Crippen LogP contribution < -0.4 is 10.1 Å². The highest BCUT2D eigenvalue weighted by Crippen LogP contribution is 2.06. The van der Waals surface area contributed by atoms with Gasteiger partial charge in [0.25, 0.3) is 0 Å². The molecule has 0 unspecified atom stereocenters. The van der Waals surface area contributed by atoms with Gasteiger partial charge in [0.1, 0.15) is 0 Å². The molecule has 1 aromatic heterocycles. The minimum Gasteiger partial charge on any atom is -0.409 e. The number of ether oxygens (including phenoxy) is 1. The van der Waals surface area contributed by atoms with Crippen molar-refractivity contribution in [3.05, 3.63) is 60.4 Å². The van der Waals surface area contributed by atoms with Gasteiger partial charge in [-0.2, -0.15) is 0 Å². The minimum atomic E-state index is -0.433. The van der Waals surface area contributed by atoms with E-state index in [0.717, 1.165) is 19.3 Å². The molecule has 4 nitrogen and oxygen atoms in total. The number of unbranched alkanes of at least 4 members (excludes halogenated alkanes) is 1. The lowest BCUT2D eigenvalue weighted by Crippen LogP contribution is -2.27. The highest BCUT2D eigenvalue weighted by Gasteiger charge is 2.02. The average molecular weight is 270 g/mol. The lowest BCUT2D eigenvalue weighted by atomic mass is 10.1. The molecule has 0 aliphatic rings. The van der Waals surface area contributed by atoms with Crippen LogP contribution >= 0.6 is 0 Å². The molecule has 1 heterocycles. The number of aryl methyl sites for hydroxylation is 1. The summed E-state index contributed by atoms with van der Waals surface area (Å²) in [5, 5.41) is 2.73. The number of nitrogens with one attached hydrogen (secondary N) is 1. The van der Waals surface area contributed by atoms with Gasteiger partial charge in [-0.1, -0.05) is 30.3 Å². The Labute approximate surface area is 118 Å². The fourth-order valence-electron chi connectivity index (χ4n) is 1.84. The van der Waals surface area contributed by atoms with Gasteiger partial charge < -0.3 is 10.1 Å². The zero-order valence-electron chi connectivity index (χ0n) is 11.3. The molecule has 4 heteroatoms. The Kier molecular flexibility index (Phi) is 5.58. The summed E-state index contributed by atoms with van der Waals surface area (Å²) in [6, 6.07) is 13.7. The van der Waals surface area contributed by atoms with Crippen molar-refractivity contribution >= 4 is 6.09 Å². The number of rotatable bonds is 6. The molecule has 2 rings (SSSR count).